The number of rotatable bonds is 5. The van der Waals surface area contributed by atoms with Gasteiger partial charge in [-0.1, -0.05) is 35.5 Å². The number of carbonyl (C=O) groups excluding carboxylic acids is 1. The summed E-state index contributed by atoms with van der Waals surface area (Å²) in [5, 5.41) is 3.86. The van der Waals surface area contributed by atoms with E-state index in [1.54, 1.807) is 0 Å². The maximum atomic E-state index is 12.6. The minimum absolute atomic E-state index is 0.214. The van der Waals surface area contributed by atoms with E-state index in [9.17, 15) is 4.79 Å². The van der Waals surface area contributed by atoms with E-state index in [1.165, 1.54) is 0 Å². The monoisotopic (exact) mass is 364 g/mol. The molecule has 1 aromatic carbocycles. The van der Waals surface area contributed by atoms with E-state index in [1.807, 2.05) is 30.0 Å². The third-order valence-electron chi connectivity index (χ3n) is 5.18. The molecule has 0 saturated carbocycles. The van der Waals surface area contributed by atoms with Crippen LogP contribution in [0.5, 0.6) is 0 Å². The first-order valence-corrected chi connectivity index (χ1v) is 9.50. The molecule has 1 aliphatic heterocycles. The van der Waals surface area contributed by atoms with Gasteiger partial charge in [-0.15, -0.1) is 0 Å². The van der Waals surface area contributed by atoms with Crippen molar-refractivity contribution >= 4 is 5.91 Å². The predicted octanol–water partition coefficient (Wildman–Crippen LogP) is 3.71. The molecule has 3 aromatic rings. The Morgan fingerprint density at radius 3 is 2.67 bits per heavy atom. The molecule has 1 saturated heterocycles. The molecule has 27 heavy (non-hydrogen) atoms. The maximum Gasteiger partial charge on any atom is 0.229 e. The van der Waals surface area contributed by atoms with Crippen molar-refractivity contribution in [2.24, 2.45) is 0 Å². The van der Waals surface area contributed by atoms with Crippen LogP contribution in [0.4, 0.5) is 0 Å². The number of hydrogen-bond acceptors (Lipinski definition) is 4. The lowest BCUT2D eigenvalue weighted by Crippen LogP contribution is -2.38. The van der Waals surface area contributed by atoms with Crippen molar-refractivity contribution in [3.8, 4) is 11.3 Å². The molecule has 6 nitrogen and oxygen atoms in total. The van der Waals surface area contributed by atoms with Gasteiger partial charge in [0, 0.05) is 36.8 Å². The molecule has 0 aliphatic carbocycles. The van der Waals surface area contributed by atoms with Gasteiger partial charge in [0.2, 0.25) is 11.8 Å². The molecular formula is C21H24N4O2. The Balaban J connectivity index is 1.27. The summed E-state index contributed by atoms with van der Waals surface area (Å²) in [5.74, 6) is 1.86. The number of benzene rings is 1. The number of nitrogens with zero attached hydrogens (tertiary/aromatic N) is 3. The van der Waals surface area contributed by atoms with Gasteiger partial charge in [-0.25, -0.2) is 0 Å². The second-order valence-corrected chi connectivity index (χ2v) is 7.10. The number of H-pyrrole nitrogens is 1. The first-order chi connectivity index (χ1) is 13.2. The van der Waals surface area contributed by atoms with E-state index >= 15 is 0 Å². The lowest BCUT2D eigenvalue weighted by atomic mass is 9.96. The van der Waals surface area contributed by atoms with Crippen LogP contribution in [0.15, 0.2) is 47.0 Å². The summed E-state index contributed by atoms with van der Waals surface area (Å²) in [5.41, 5.74) is 3.35. The van der Waals surface area contributed by atoms with Gasteiger partial charge in [0.15, 0.2) is 5.82 Å². The van der Waals surface area contributed by atoms with Crippen LogP contribution in [0, 0.1) is 6.92 Å². The van der Waals surface area contributed by atoms with Gasteiger partial charge in [0.1, 0.15) is 0 Å². The van der Waals surface area contributed by atoms with E-state index in [-0.39, 0.29) is 11.8 Å². The molecule has 0 radical (unpaired) electrons. The van der Waals surface area contributed by atoms with Crippen molar-refractivity contribution in [3.05, 3.63) is 59.9 Å². The molecule has 1 fully saturated rings. The molecule has 0 atom stereocenters. The molecule has 0 bridgehead atoms. The molecule has 2 aromatic heterocycles. The number of aryl methyl sites for hydroxylation is 2. The van der Waals surface area contributed by atoms with E-state index < -0.39 is 0 Å². The molecule has 4 rings (SSSR count). The summed E-state index contributed by atoms with van der Waals surface area (Å²) in [4.78, 5) is 22.3. The zero-order chi connectivity index (χ0) is 18.6. The number of hydrogen-bond donors (Lipinski definition) is 1. The van der Waals surface area contributed by atoms with E-state index in [0.29, 0.717) is 18.1 Å². The Kier molecular flexibility index (Phi) is 5.05. The van der Waals surface area contributed by atoms with Crippen molar-refractivity contribution in [2.45, 2.75) is 38.5 Å². The quantitative estimate of drug-likeness (QED) is 0.749. The number of piperidine rings is 1. The summed E-state index contributed by atoms with van der Waals surface area (Å²) in [6, 6.07) is 14.4. The first kappa shape index (κ1) is 17.5. The minimum atomic E-state index is 0.214. The average molecular weight is 364 g/mol. The smallest absolute Gasteiger partial charge is 0.229 e. The van der Waals surface area contributed by atoms with Crippen LogP contribution in [0.2, 0.25) is 0 Å². The van der Waals surface area contributed by atoms with Gasteiger partial charge in [0.05, 0.1) is 0 Å². The number of amides is 1. The highest BCUT2D eigenvalue weighted by Crippen LogP contribution is 2.27. The Morgan fingerprint density at radius 1 is 1.19 bits per heavy atom. The SMILES string of the molecule is Cc1noc(C2CCN(C(=O)CCc3ccc(-c4ccccc4)[nH]3)CC2)n1. The first-order valence-electron chi connectivity index (χ1n) is 9.50. The van der Waals surface area contributed by atoms with Crippen LogP contribution in [-0.4, -0.2) is 39.0 Å². The van der Waals surface area contributed by atoms with Crippen LogP contribution >= 0.6 is 0 Å². The summed E-state index contributed by atoms with van der Waals surface area (Å²) >= 11 is 0. The topological polar surface area (TPSA) is 75.0 Å². The fourth-order valence-corrected chi connectivity index (χ4v) is 3.63. The number of likely N-dealkylation sites (tertiary alicyclic amines) is 1. The zero-order valence-electron chi connectivity index (χ0n) is 15.5. The van der Waals surface area contributed by atoms with Crippen molar-refractivity contribution in [1.82, 2.24) is 20.0 Å². The van der Waals surface area contributed by atoms with Gasteiger partial charge in [-0.3, -0.25) is 4.79 Å². The van der Waals surface area contributed by atoms with Gasteiger partial charge in [-0.2, -0.15) is 4.98 Å². The second-order valence-electron chi connectivity index (χ2n) is 7.10. The molecular weight excluding hydrogens is 340 g/mol. The highest BCUT2D eigenvalue weighted by molar-refractivity contribution is 5.76. The van der Waals surface area contributed by atoms with Crippen LogP contribution in [-0.2, 0) is 11.2 Å². The average Bonchev–Trinajstić information content (AvgIpc) is 3.36. The molecule has 1 N–H and O–H groups in total. The molecule has 0 unspecified atom stereocenters. The summed E-state index contributed by atoms with van der Waals surface area (Å²) in [6.45, 7) is 3.34. The normalized spacial score (nSPS) is 15.2. The lowest BCUT2D eigenvalue weighted by molar-refractivity contribution is -0.132. The van der Waals surface area contributed by atoms with Crippen molar-refractivity contribution < 1.29 is 9.32 Å². The molecule has 3 heterocycles. The van der Waals surface area contributed by atoms with Crippen molar-refractivity contribution in [3.63, 3.8) is 0 Å². The third kappa shape index (κ3) is 4.10. The minimum Gasteiger partial charge on any atom is -0.358 e. The zero-order valence-corrected chi connectivity index (χ0v) is 15.5. The fraction of sp³-hybridized carbons (Fsp3) is 0.381. The molecule has 0 spiro atoms. The third-order valence-corrected chi connectivity index (χ3v) is 5.18. The second kappa shape index (κ2) is 7.78. The predicted molar refractivity (Wildman–Crippen MR) is 102 cm³/mol. The Bertz CT molecular complexity index is 892. The summed E-state index contributed by atoms with van der Waals surface area (Å²) < 4.78 is 5.27. The van der Waals surface area contributed by atoms with Crippen LogP contribution in [0.25, 0.3) is 11.3 Å². The van der Waals surface area contributed by atoms with Crippen LogP contribution in [0.3, 0.4) is 0 Å². The Labute approximate surface area is 158 Å². The molecule has 1 aliphatic rings. The summed E-state index contributed by atoms with van der Waals surface area (Å²) in [6.07, 6.45) is 3.02. The van der Waals surface area contributed by atoms with Crippen molar-refractivity contribution in [2.75, 3.05) is 13.1 Å². The maximum absolute atomic E-state index is 12.6. The molecule has 140 valence electrons. The van der Waals surface area contributed by atoms with Crippen LogP contribution in [0.1, 0.15) is 42.6 Å². The van der Waals surface area contributed by atoms with E-state index in [2.05, 4.69) is 39.4 Å². The van der Waals surface area contributed by atoms with Gasteiger partial charge in [0.25, 0.3) is 0 Å². The highest BCUT2D eigenvalue weighted by Gasteiger charge is 2.27. The fourth-order valence-electron chi connectivity index (χ4n) is 3.63. The lowest BCUT2D eigenvalue weighted by Gasteiger charge is -2.30. The summed E-state index contributed by atoms with van der Waals surface area (Å²) in [7, 11) is 0. The highest BCUT2D eigenvalue weighted by atomic mass is 16.5. The Hall–Kier alpha value is -2.89. The van der Waals surface area contributed by atoms with E-state index in [4.69, 9.17) is 4.52 Å². The number of aromatic amines is 1. The number of carbonyl (C=O) groups is 1. The number of aromatic nitrogens is 3. The standard InChI is InChI=1S/C21H24N4O2/c1-15-22-21(27-24-15)17-11-13-25(14-12-17)20(26)10-8-18-7-9-19(23-18)16-5-3-2-4-6-16/h2-7,9,17,23H,8,10-14H2,1H3. The Morgan fingerprint density at radius 2 is 1.96 bits per heavy atom. The molecule has 6 heteroatoms. The van der Waals surface area contributed by atoms with E-state index in [0.717, 1.165) is 49.3 Å². The largest absolute Gasteiger partial charge is 0.358 e. The van der Waals surface area contributed by atoms with Gasteiger partial charge < -0.3 is 14.4 Å². The van der Waals surface area contributed by atoms with Gasteiger partial charge in [-0.05, 0) is 43.9 Å². The number of nitrogens with one attached hydrogen (secondary N) is 1. The van der Waals surface area contributed by atoms with Gasteiger partial charge >= 0.3 is 0 Å². The van der Waals surface area contributed by atoms with Crippen LogP contribution < -0.4 is 0 Å². The molecule has 1 amide bonds. The van der Waals surface area contributed by atoms with Crippen molar-refractivity contribution in [1.29, 1.82) is 0 Å².